The Kier molecular flexibility index (Phi) is 5.00. The van der Waals surface area contributed by atoms with E-state index in [1.54, 1.807) is 19.2 Å². The summed E-state index contributed by atoms with van der Waals surface area (Å²) >= 11 is 0. The predicted octanol–water partition coefficient (Wildman–Crippen LogP) is 2.63. The van der Waals surface area contributed by atoms with Gasteiger partial charge in [0.15, 0.2) is 5.76 Å². The molecule has 5 nitrogen and oxygen atoms in total. The van der Waals surface area contributed by atoms with Crippen LogP contribution in [-0.2, 0) is 6.54 Å². The summed E-state index contributed by atoms with van der Waals surface area (Å²) in [5, 5.41) is 2.96. The Morgan fingerprint density at radius 1 is 1.33 bits per heavy atom. The molecular weight excluding hydrogens is 268 g/mol. The lowest BCUT2D eigenvalue weighted by Crippen LogP contribution is -2.28. The van der Waals surface area contributed by atoms with Crippen molar-refractivity contribution in [2.75, 3.05) is 7.11 Å². The molecule has 0 fully saturated rings. The monoisotopic (exact) mass is 288 g/mol. The van der Waals surface area contributed by atoms with E-state index in [-0.39, 0.29) is 24.3 Å². The van der Waals surface area contributed by atoms with Crippen molar-refractivity contribution in [1.82, 2.24) is 5.32 Å². The number of ether oxygens (including phenoxy) is 1. The zero-order valence-corrected chi connectivity index (χ0v) is 12.3. The standard InChI is InChI=1S/C16H20N2O3/c1-3-13(12-6-4-5-7-14(12)20-2)18-16(19)15-9-8-11(10-17)21-15/h4-9,13H,3,10,17H2,1-2H3,(H,18,19). The summed E-state index contributed by atoms with van der Waals surface area (Å²) in [5.74, 6) is 1.36. The number of benzene rings is 1. The Hall–Kier alpha value is -2.27. The molecule has 1 atom stereocenters. The Labute approximate surface area is 124 Å². The summed E-state index contributed by atoms with van der Waals surface area (Å²) in [7, 11) is 1.62. The highest BCUT2D eigenvalue weighted by Gasteiger charge is 2.19. The molecule has 0 aliphatic carbocycles. The minimum atomic E-state index is -0.257. The molecule has 0 aliphatic heterocycles. The number of nitrogens with two attached hydrogens (primary N) is 1. The Morgan fingerprint density at radius 2 is 2.10 bits per heavy atom. The zero-order chi connectivity index (χ0) is 15.2. The van der Waals surface area contributed by atoms with Crippen molar-refractivity contribution in [3.8, 4) is 5.75 Å². The SMILES string of the molecule is CCC(NC(=O)c1ccc(CN)o1)c1ccccc1OC. The van der Waals surface area contributed by atoms with Crippen LogP contribution in [0.15, 0.2) is 40.8 Å². The fraction of sp³-hybridized carbons (Fsp3) is 0.312. The number of methoxy groups -OCH3 is 1. The van der Waals surface area contributed by atoms with Crippen molar-refractivity contribution in [2.24, 2.45) is 5.73 Å². The molecule has 1 amide bonds. The van der Waals surface area contributed by atoms with Crippen LogP contribution in [0.3, 0.4) is 0 Å². The van der Waals surface area contributed by atoms with Crippen LogP contribution >= 0.6 is 0 Å². The average Bonchev–Trinajstić information content (AvgIpc) is 3.01. The first-order valence-electron chi connectivity index (χ1n) is 6.92. The van der Waals surface area contributed by atoms with E-state index in [0.717, 1.165) is 17.7 Å². The second-order valence-corrected chi connectivity index (χ2v) is 4.65. The second kappa shape index (κ2) is 6.95. The molecular formula is C16H20N2O3. The molecule has 112 valence electrons. The topological polar surface area (TPSA) is 77.5 Å². The van der Waals surface area contributed by atoms with E-state index < -0.39 is 0 Å². The van der Waals surface area contributed by atoms with Gasteiger partial charge in [0, 0.05) is 5.56 Å². The van der Waals surface area contributed by atoms with Crippen molar-refractivity contribution in [3.63, 3.8) is 0 Å². The number of furan rings is 1. The summed E-state index contributed by atoms with van der Waals surface area (Å²) in [4.78, 5) is 12.2. The van der Waals surface area contributed by atoms with Crippen LogP contribution in [0.4, 0.5) is 0 Å². The highest BCUT2D eigenvalue weighted by Crippen LogP contribution is 2.27. The third-order valence-corrected chi connectivity index (χ3v) is 3.31. The van der Waals surface area contributed by atoms with Gasteiger partial charge in [-0.25, -0.2) is 0 Å². The molecule has 1 unspecified atom stereocenters. The van der Waals surface area contributed by atoms with E-state index >= 15 is 0 Å². The normalized spacial score (nSPS) is 12.0. The quantitative estimate of drug-likeness (QED) is 0.856. The average molecular weight is 288 g/mol. The summed E-state index contributed by atoms with van der Waals surface area (Å²) in [6.45, 7) is 2.28. The van der Waals surface area contributed by atoms with Crippen molar-refractivity contribution in [1.29, 1.82) is 0 Å². The summed E-state index contributed by atoms with van der Waals surface area (Å²) < 4.78 is 10.7. The van der Waals surface area contributed by atoms with E-state index in [2.05, 4.69) is 5.32 Å². The van der Waals surface area contributed by atoms with Crippen molar-refractivity contribution >= 4 is 5.91 Å². The van der Waals surface area contributed by atoms with Gasteiger partial charge in [-0.3, -0.25) is 4.79 Å². The van der Waals surface area contributed by atoms with Gasteiger partial charge in [0.2, 0.25) is 0 Å². The largest absolute Gasteiger partial charge is 0.496 e. The minimum absolute atomic E-state index is 0.139. The van der Waals surface area contributed by atoms with E-state index in [1.807, 2.05) is 31.2 Å². The van der Waals surface area contributed by atoms with Gasteiger partial charge in [0.25, 0.3) is 5.91 Å². The lowest BCUT2D eigenvalue weighted by molar-refractivity contribution is 0.0905. The van der Waals surface area contributed by atoms with E-state index in [4.69, 9.17) is 14.9 Å². The maximum absolute atomic E-state index is 12.2. The lowest BCUT2D eigenvalue weighted by Gasteiger charge is -2.19. The number of amides is 1. The molecule has 0 saturated heterocycles. The molecule has 1 aromatic heterocycles. The van der Waals surface area contributed by atoms with Gasteiger partial charge in [-0.05, 0) is 24.6 Å². The molecule has 2 rings (SSSR count). The van der Waals surface area contributed by atoms with Crippen LogP contribution in [0.2, 0.25) is 0 Å². The van der Waals surface area contributed by atoms with Gasteiger partial charge >= 0.3 is 0 Å². The molecule has 0 radical (unpaired) electrons. The lowest BCUT2D eigenvalue weighted by atomic mass is 10.0. The third-order valence-electron chi connectivity index (χ3n) is 3.31. The van der Waals surface area contributed by atoms with Crippen LogP contribution in [0, 0.1) is 0 Å². The highest BCUT2D eigenvalue weighted by atomic mass is 16.5. The molecule has 2 aromatic rings. The van der Waals surface area contributed by atoms with Gasteiger partial charge in [-0.15, -0.1) is 0 Å². The molecule has 1 heterocycles. The number of hydrogen-bond donors (Lipinski definition) is 2. The Morgan fingerprint density at radius 3 is 2.71 bits per heavy atom. The molecule has 0 saturated carbocycles. The van der Waals surface area contributed by atoms with Gasteiger partial charge in [-0.1, -0.05) is 25.1 Å². The van der Waals surface area contributed by atoms with Crippen molar-refractivity contribution < 1.29 is 13.9 Å². The molecule has 1 aromatic carbocycles. The third kappa shape index (κ3) is 3.44. The number of carbonyl (C=O) groups is 1. The molecule has 5 heteroatoms. The van der Waals surface area contributed by atoms with E-state index in [9.17, 15) is 4.79 Å². The maximum atomic E-state index is 12.2. The molecule has 0 bridgehead atoms. The first-order valence-corrected chi connectivity index (χ1v) is 6.92. The first-order chi connectivity index (χ1) is 10.2. The number of rotatable bonds is 6. The fourth-order valence-electron chi connectivity index (χ4n) is 2.19. The molecule has 0 spiro atoms. The second-order valence-electron chi connectivity index (χ2n) is 4.65. The number of carbonyl (C=O) groups excluding carboxylic acids is 1. The number of nitrogens with one attached hydrogen (secondary N) is 1. The summed E-state index contributed by atoms with van der Waals surface area (Å²) in [6.07, 6.45) is 0.747. The van der Waals surface area contributed by atoms with Crippen LogP contribution in [0.1, 0.15) is 41.3 Å². The van der Waals surface area contributed by atoms with E-state index in [1.165, 1.54) is 0 Å². The van der Waals surface area contributed by atoms with Gasteiger partial charge < -0.3 is 20.2 Å². The molecule has 21 heavy (non-hydrogen) atoms. The number of para-hydroxylation sites is 1. The maximum Gasteiger partial charge on any atom is 0.287 e. The minimum Gasteiger partial charge on any atom is -0.496 e. The summed E-state index contributed by atoms with van der Waals surface area (Å²) in [5.41, 5.74) is 6.42. The van der Waals surface area contributed by atoms with E-state index in [0.29, 0.717) is 5.76 Å². The van der Waals surface area contributed by atoms with Crippen molar-refractivity contribution in [3.05, 3.63) is 53.5 Å². The Balaban J connectivity index is 2.16. The first kappa shape index (κ1) is 15.1. The molecule has 0 aliphatic rings. The van der Waals surface area contributed by atoms with Gasteiger partial charge in [0.05, 0.1) is 19.7 Å². The van der Waals surface area contributed by atoms with Crippen LogP contribution in [0.25, 0.3) is 0 Å². The smallest absolute Gasteiger partial charge is 0.287 e. The number of hydrogen-bond acceptors (Lipinski definition) is 4. The molecule has 3 N–H and O–H groups in total. The van der Waals surface area contributed by atoms with Crippen LogP contribution in [-0.4, -0.2) is 13.0 Å². The van der Waals surface area contributed by atoms with Crippen molar-refractivity contribution in [2.45, 2.75) is 25.9 Å². The van der Waals surface area contributed by atoms with Crippen LogP contribution in [0.5, 0.6) is 5.75 Å². The predicted molar refractivity (Wildman–Crippen MR) is 80.1 cm³/mol. The zero-order valence-electron chi connectivity index (χ0n) is 12.3. The fourth-order valence-corrected chi connectivity index (χ4v) is 2.19. The van der Waals surface area contributed by atoms with Gasteiger partial charge in [0.1, 0.15) is 11.5 Å². The summed E-state index contributed by atoms with van der Waals surface area (Å²) in [6, 6.07) is 10.8. The highest BCUT2D eigenvalue weighted by molar-refractivity contribution is 5.91. The Bertz CT molecular complexity index is 607. The van der Waals surface area contributed by atoms with Crippen LogP contribution < -0.4 is 15.8 Å². The van der Waals surface area contributed by atoms with Gasteiger partial charge in [-0.2, -0.15) is 0 Å².